The van der Waals surface area contributed by atoms with E-state index in [0.717, 1.165) is 42.9 Å². The molecule has 5 nitrogen and oxygen atoms in total. The number of hydrogen-bond acceptors (Lipinski definition) is 4. The fourth-order valence-corrected chi connectivity index (χ4v) is 2.89. The molecule has 19 heavy (non-hydrogen) atoms. The van der Waals surface area contributed by atoms with Gasteiger partial charge in [-0.05, 0) is 40.7 Å². The van der Waals surface area contributed by atoms with Gasteiger partial charge >= 0.3 is 0 Å². The first-order chi connectivity index (χ1) is 9.24. The Balaban J connectivity index is 2.05. The number of likely N-dealkylation sites (N-methyl/N-ethyl adjacent to an activating group) is 1. The van der Waals surface area contributed by atoms with Crippen molar-refractivity contribution in [2.24, 2.45) is 5.16 Å². The Labute approximate surface area is 122 Å². The van der Waals surface area contributed by atoms with Crippen molar-refractivity contribution in [2.75, 3.05) is 42.9 Å². The van der Waals surface area contributed by atoms with Crippen molar-refractivity contribution >= 4 is 33.6 Å². The van der Waals surface area contributed by atoms with Gasteiger partial charge in [-0.25, -0.2) is 0 Å². The van der Waals surface area contributed by atoms with E-state index in [-0.39, 0.29) is 0 Å². The van der Waals surface area contributed by atoms with Gasteiger partial charge in [-0.15, -0.1) is 0 Å². The van der Waals surface area contributed by atoms with Gasteiger partial charge in [0.05, 0.1) is 5.69 Å². The smallest absolute Gasteiger partial charge is 0.132 e. The van der Waals surface area contributed by atoms with Crippen LogP contribution in [-0.2, 0) is 0 Å². The Morgan fingerprint density at radius 2 is 2.11 bits per heavy atom. The fraction of sp³-hybridized carbons (Fsp3) is 0.462. The van der Waals surface area contributed by atoms with Crippen molar-refractivity contribution in [1.29, 1.82) is 0 Å². The van der Waals surface area contributed by atoms with Crippen LogP contribution in [0, 0.1) is 0 Å². The van der Waals surface area contributed by atoms with Gasteiger partial charge in [0.1, 0.15) is 6.34 Å². The Morgan fingerprint density at radius 3 is 2.68 bits per heavy atom. The molecule has 0 saturated carbocycles. The first-order valence-electron chi connectivity index (χ1n) is 6.44. The van der Waals surface area contributed by atoms with Gasteiger partial charge in [-0.1, -0.05) is 12.1 Å². The number of oxime groups is 1. The normalized spacial score (nSPS) is 17.1. The SMILES string of the molecule is CCN1CCN(c2ccc(N/C=N/O)cc2Br)CC1. The van der Waals surface area contributed by atoms with Crippen LogP contribution < -0.4 is 10.2 Å². The number of anilines is 2. The monoisotopic (exact) mass is 326 g/mol. The summed E-state index contributed by atoms with van der Waals surface area (Å²) in [7, 11) is 0. The predicted octanol–water partition coefficient (Wildman–Crippen LogP) is 2.42. The lowest BCUT2D eigenvalue weighted by atomic mass is 10.2. The van der Waals surface area contributed by atoms with Crippen molar-refractivity contribution in [2.45, 2.75) is 6.92 Å². The molecule has 104 valence electrons. The van der Waals surface area contributed by atoms with Gasteiger partial charge in [-0.3, -0.25) is 0 Å². The first-order valence-corrected chi connectivity index (χ1v) is 7.23. The van der Waals surface area contributed by atoms with Crippen LogP contribution >= 0.6 is 15.9 Å². The summed E-state index contributed by atoms with van der Waals surface area (Å²) in [6, 6.07) is 6.05. The molecule has 1 aromatic carbocycles. The molecule has 0 radical (unpaired) electrons. The standard InChI is InChI=1S/C13H19BrN4O/c1-2-17-5-7-18(8-6-17)13-4-3-11(9-12(13)14)15-10-16-19/h3-4,9-10,19H,2,5-8H2,1H3,(H,15,16). The zero-order valence-corrected chi connectivity index (χ0v) is 12.6. The van der Waals surface area contributed by atoms with E-state index in [2.05, 4.69) is 49.2 Å². The Bertz CT molecular complexity index is 444. The summed E-state index contributed by atoms with van der Waals surface area (Å²) >= 11 is 3.60. The highest BCUT2D eigenvalue weighted by Crippen LogP contribution is 2.29. The molecule has 0 bridgehead atoms. The highest BCUT2D eigenvalue weighted by molar-refractivity contribution is 9.10. The van der Waals surface area contributed by atoms with Crippen molar-refractivity contribution in [1.82, 2.24) is 4.90 Å². The molecular formula is C13H19BrN4O. The van der Waals surface area contributed by atoms with Crippen molar-refractivity contribution in [3.63, 3.8) is 0 Å². The van der Waals surface area contributed by atoms with E-state index in [1.165, 1.54) is 12.0 Å². The van der Waals surface area contributed by atoms with Crippen LogP contribution in [0.3, 0.4) is 0 Å². The summed E-state index contributed by atoms with van der Waals surface area (Å²) in [6.07, 6.45) is 1.25. The van der Waals surface area contributed by atoms with Crippen molar-refractivity contribution in [3.8, 4) is 0 Å². The topological polar surface area (TPSA) is 51.1 Å². The summed E-state index contributed by atoms with van der Waals surface area (Å²) in [5, 5.41) is 14.2. The lowest BCUT2D eigenvalue weighted by Gasteiger charge is -2.36. The quantitative estimate of drug-likeness (QED) is 0.386. The third-order valence-corrected chi connectivity index (χ3v) is 4.03. The zero-order valence-electron chi connectivity index (χ0n) is 11.0. The Hall–Kier alpha value is -1.27. The zero-order chi connectivity index (χ0) is 13.7. The van der Waals surface area contributed by atoms with Crippen LogP contribution in [0.5, 0.6) is 0 Å². The average Bonchev–Trinajstić information content (AvgIpc) is 2.45. The maximum atomic E-state index is 8.39. The van der Waals surface area contributed by atoms with E-state index in [0.29, 0.717) is 0 Å². The third-order valence-electron chi connectivity index (χ3n) is 3.40. The minimum Gasteiger partial charge on any atom is -0.410 e. The molecule has 6 heteroatoms. The average molecular weight is 327 g/mol. The molecule has 2 rings (SSSR count). The summed E-state index contributed by atoms with van der Waals surface area (Å²) in [4.78, 5) is 4.85. The number of rotatable bonds is 4. The second-order valence-corrected chi connectivity index (χ2v) is 5.33. The van der Waals surface area contributed by atoms with Crippen molar-refractivity contribution < 1.29 is 5.21 Å². The van der Waals surface area contributed by atoms with Gasteiger partial charge < -0.3 is 20.3 Å². The van der Waals surface area contributed by atoms with Gasteiger partial charge in [0.15, 0.2) is 0 Å². The molecule has 0 unspecified atom stereocenters. The molecule has 0 aliphatic carbocycles. The van der Waals surface area contributed by atoms with Gasteiger partial charge in [-0.2, -0.15) is 0 Å². The van der Waals surface area contributed by atoms with Crippen LogP contribution in [0.1, 0.15) is 6.92 Å². The van der Waals surface area contributed by atoms with Crippen LogP contribution in [0.15, 0.2) is 27.8 Å². The fourth-order valence-electron chi connectivity index (χ4n) is 2.26. The van der Waals surface area contributed by atoms with E-state index in [9.17, 15) is 0 Å². The molecular weight excluding hydrogens is 308 g/mol. The van der Waals surface area contributed by atoms with Crippen LogP contribution in [0.4, 0.5) is 11.4 Å². The van der Waals surface area contributed by atoms with E-state index in [4.69, 9.17) is 5.21 Å². The molecule has 0 spiro atoms. The van der Waals surface area contributed by atoms with Crippen LogP contribution in [0.2, 0.25) is 0 Å². The predicted molar refractivity (Wildman–Crippen MR) is 82.4 cm³/mol. The molecule has 1 aliphatic heterocycles. The van der Waals surface area contributed by atoms with Crippen LogP contribution in [-0.4, -0.2) is 49.2 Å². The molecule has 1 aromatic rings. The Morgan fingerprint density at radius 1 is 1.37 bits per heavy atom. The maximum absolute atomic E-state index is 8.39. The highest BCUT2D eigenvalue weighted by Gasteiger charge is 2.17. The molecule has 2 N–H and O–H groups in total. The summed E-state index contributed by atoms with van der Waals surface area (Å²) < 4.78 is 1.05. The van der Waals surface area contributed by atoms with Gasteiger partial charge in [0.25, 0.3) is 0 Å². The lowest BCUT2D eigenvalue weighted by molar-refractivity contribution is 0.271. The molecule has 1 saturated heterocycles. The molecule has 1 heterocycles. The molecule has 0 atom stereocenters. The second kappa shape index (κ2) is 6.77. The number of piperazine rings is 1. The largest absolute Gasteiger partial charge is 0.410 e. The number of hydrogen-bond donors (Lipinski definition) is 2. The van der Waals surface area contributed by atoms with E-state index >= 15 is 0 Å². The summed E-state index contributed by atoms with van der Waals surface area (Å²) in [5.74, 6) is 0. The van der Waals surface area contributed by atoms with E-state index in [1.54, 1.807) is 0 Å². The highest BCUT2D eigenvalue weighted by atomic mass is 79.9. The molecule has 0 amide bonds. The van der Waals surface area contributed by atoms with E-state index in [1.807, 2.05) is 12.1 Å². The van der Waals surface area contributed by atoms with Gasteiger partial charge in [0.2, 0.25) is 0 Å². The number of nitrogens with zero attached hydrogens (tertiary/aromatic N) is 3. The Kier molecular flexibility index (Phi) is 5.04. The summed E-state index contributed by atoms with van der Waals surface area (Å²) in [5.41, 5.74) is 2.10. The first kappa shape index (κ1) is 14.1. The van der Waals surface area contributed by atoms with Gasteiger partial charge in [0, 0.05) is 36.3 Å². The van der Waals surface area contributed by atoms with Crippen LogP contribution in [0.25, 0.3) is 0 Å². The molecule has 1 fully saturated rings. The molecule has 1 aliphatic rings. The maximum Gasteiger partial charge on any atom is 0.132 e. The number of halogens is 1. The lowest BCUT2D eigenvalue weighted by Crippen LogP contribution is -2.46. The number of nitrogens with one attached hydrogen (secondary N) is 1. The minimum absolute atomic E-state index is 0.889. The molecule has 0 aromatic heterocycles. The third kappa shape index (κ3) is 3.61. The van der Waals surface area contributed by atoms with Crippen molar-refractivity contribution in [3.05, 3.63) is 22.7 Å². The second-order valence-electron chi connectivity index (χ2n) is 4.48. The van der Waals surface area contributed by atoms with E-state index < -0.39 is 0 Å². The summed E-state index contributed by atoms with van der Waals surface area (Å²) in [6.45, 7) is 7.65. The number of benzene rings is 1. The minimum atomic E-state index is 0.889.